The fourth-order valence-corrected chi connectivity index (χ4v) is 7.95. The van der Waals surface area contributed by atoms with Gasteiger partial charge in [-0.1, -0.05) is 76.3 Å². The van der Waals surface area contributed by atoms with Crippen LogP contribution in [0.15, 0.2) is 27.5 Å². The van der Waals surface area contributed by atoms with E-state index in [0.717, 1.165) is 99.2 Å². The van der Waals surface area contributed by atoms with Gasteiger partial charge < -0.3 is 33.2 Å². The van der Waals surface area contributed by atoms with Crippen LogP contribution in [0.1, 0.15) is 146 Å². The maximum Gasteiger partial charge on any atom is 0.315 e. The minimum atomic E-state index is -0.546. The lowest BCUT2D eigenvalue weighted by atomic mass is 9.87. The Morgan fingerprint density at radius 2 is 1.72 bits per heavy atom. The zero-order chi connectivity index (χ0) is 34.9. The molecule has 0 unspecified atom stereocenters. The van der Waals surface area contributed by atoms with Crippen LogP contribution in [0, 0.1) is 18.2 Å². The van der Waals surface area contributed by atoms with Crippen molar-refractivity contribution in [2.75, 3.05) is 26.4 Å². The minimum absolute atomic E-state index is 0. The summed E-state index contributed by atoms with van der Waals surface area (Å²) in [4.78, 5) is 32.0. The molecule has 4 heterocycles. The van der Waals surface area contributed by atoms with Crippen LogP contribution in [-0.4, -0.2) is 51.5 Å². The van der Waals surface area contributed by atoms with E-state index in [1.54, 1.807) is 6.07 Å². The first-order valence-electron chi connectivity index (χ1n) is 19.3. The number of hydrogen-bond donors (Lipinski definition) is 0. The normalized spacial score (nSPS) is 19.3. The summed E-state index contributed by atoms with van der Waals surface area (Å²) in [7, 11) is 0. The van der Waals surface area contributed by atoms with Gasteiger partial charge in [0.15, 0.2) is 5.58 Å². The summed E-state index contributed by atoms with van der Waals surface area (Å²) in [6.45, 7) is 11.5. The SMILES string of the molecule is CCCCCCCCCCCCC(C)(C)C(=O)OC[N+]1(CCc2c(C)nc3n(c2=O)CCCC3)CCC(c2noc3cc(F)ccc23)CC1.[I-]. The van der Waals surface area contributed by atoms with Crippen molar-refractivity contribution in [3.63, 3.8) is 0 Å². The number of unbranched alkanes of at least 4 members (excludes halogenated alkanes) is 9. The zero-order valence-corrected chi connectivity index (χ0v) is 33.2. The summed E-state index contributed by atoms with van der Waals surface area (Å²) >= 11 is 0. The fourth-order valence-electron chi connectivity index (χ4n) is 7.95. The number of aryl methyl sites for hydroxylation is 2. The molecule has 50 heavy (non-hydrogen) atoms. The Labute approximate surface area is 315 Å². The molecule has 0 bridgehead atoms. The van der Waals surface area contributed by atoms with Gasteiger partial charge in [0.05, 0.1) is 30.7 Å². The fraction of sp³-hybridized carbons (Fsp3) is 0.700. The molecule has 0 atom stereocenters. The van der Waals surface area contributed by atoms with Gasteiger partial charge in [-0.25, -0.2) is 9.37 Å². The number of carbonyl (C=O) groups excluding carboxylic acids is 1. The second-order valence-electron chi connectivity index (χ2n) is 15.6. The van der Waals surface area contributed by atoms with Crippen LogP contribution in [0.5, 0.6) is 0 Å². The van der Waals surface area contributed by atoms with Gasteiger partial charge in [-0.05, 0) is 52.2 Å². The van der Waals surface area contributed by atoms with Crippen LogP contribution in [0.4, 0.5) is 4.39 Å². The number of benzene rings is 1. The van der Waals surface area contributed by atoms with E-state index in [4.69, 9.17) is 14.2 Å². The summed E-state index contributed by atoms with van der Waals surface area (Å²) in [5.74, 6) is 0.592. The molecule has 2 aliphatic rings. The lowest BCUT2D eigenvalue weighted by molar-refractivity contribution is -0.948. The van der Waals surface area contributed by atoms with Crippen molar-refractivity contribution in [2.24, 2.45) is 5.41 Å². The molecule has 278 valence electrons. The van der Waals surface area contributed by atoms with E-state index in [-0.39, 0.29) is 54.0 Å². The summed E-state index contributed by atoms with van der Waals surface area (Å²) in [5.41, 5.74) is 2.48. The highest BCUT2D eigenvalue weighted by Crippen LogP contribution is 2.36. The molecule has 3 aromatic rings. The Bertz CT molecular complexity index is 1590. The molecular formula is C40H60FIN4O4. The lowest BCUT2D eigenvalue weighted by Gasteiger charge is -2.43. The maximum atomic E-state index is 13.8. The van der Waals surface area contributed by atoms with Crippen LogP contribution >= 0.6 is 0 Å². The quantitative estimate of drug-likeness (QED) is 0.0685. The Morgan fingerprint density at radius 1 is 1.04 bits per heavy atom. The Hall–Kier alpha value is -2.34. The molecule has 1 saturated heterocycles. The van der Waals surface area contributed by atoms with Gasteiger partial charge in [0.2, 0.25) is 6.73 Å². The molecular weight excluding hydrogens is 746 g/mol. The van der Waals surface area contributed by atoms with E-state index in [0.29, 0.717) is 23.0 Å². The molecule has 1 aromatic carbocycles. The molecule has 0 saturated carbocycles. The molecule has 2 aromatic heterocycles. The monoisotopic (exact) mass is 806 g/mol. The van der Waals surface area contributed by atoms with Crippen molar-refractivity contribution in [3.05, 3.63) is 57.1 Å². The van der Waals surface area contributed by atoms with Crippen molar-refractivity contribution in [3.8, 4) is 0 Å². The highest BCUT2D eigenvalue weighted by Gasteiger charge is 2.39. The maximum absolute atomic E-state index is 13.8. The lowest BCUT2D eigenvalue weighted by Crippen LogP contribution is -3.00. The average molecular weight is 807 g/mol. The van der Waals surface area contributed by atoms with Crippen molar-refractivity contribution in [1.82, 2.24) is 14.7 Å². The molecule has 0 radical (unpaired) electrons. The van der Waals surface area contributed by atoms with Gasteiger partial charge in [0.1, 0.15) is 11.6 Å². The van der Waals surface area contributed by atoms with E-state index in [1.807, 2.05) is 25.3 Å². The number of ether oxygens (including phenoxy) is 1. The van der Waals surface area contributed by atoms with Crippen LogP contribution < -0.4 is 29.5 Å². The first-order chi connectivity index (χ1) is 23.6. The van der Waals surface area contributed by atoms with Crippen LogP contribution in [0.2, 0.25) is 0 Å². The molecule has 0 N–H and O–H groups in total. The standard InChI is InChI=1S/C40H60FN4O4.HI/c1-5-6-7-8-9-10-11-12-13-15-23-40(3,4)39(47)48-29-45(27-22-33-30(2)42-36-17-14-16-24-44(36)38(33)46)25-20-31(21-26-45)37-34-19-18-32(41)28-35(34)49-43-37;/h18-19,28,31H,5-17,20-27,29H2,1-4H3;1H/q+1;/p-1. The number of quaternary nitrogens is 1. The van der Waals surface area contributed by atoms with E-state index < -0.39 is 5.41 Å². The highest BCUT2D eigenvalue weighted by atomic mass is 127. The largest absolute Gasteiger partial charge is 1.00 e. The molecule has 0 aliphatic carbocycles. The Morgan fingerprint density at radius 3 is 2.42 bits per heavy atom. The Balaban J connectivity index is 0.00000562. The van der Waals surface area contributed by atoms with Gasteiger partial charge in [-0.15, -0.1) is 0 Å². The summed E-state index contributed by atoms with van der Waals surface area (Å²) in [6, 6.07) is 4.60. The van der Waals surface area contributed by atoms with Crippen molar-refractivity contribution in [1.29, 1.82) is 0 Å². The van der Waals surface area contributed by atoms with Gasteiger partial charge in [0, 0.05) is 60.9 Å². The first-order valence-corrected chi connectivity index (χ1v) is 19.3. The highest BCUT2D eigenvalue weighted by molar-refractivity contribution is 5.80. The predicted octanol–water partition coefficient (Wildman–Crippen LogP) is 5.95. The number of piperidine rings is 1. The number of rotatable bonds is 18. The number of halogens is 2. The zero-order valence-electron chi connectivity index (χ0n) is 31.0. The predicted molar refractivity (Wildman–Crippen MR) is 192 cm³/mol. The van der Waals surface area contributed by atoms with Crippen molar-refractivity contribution >= 4 is 16.9 Å². The summed E-state index contributed by atoms with van der Waals surface area (Å²) in [6.07, 6.45) is 18.7. The summed E-state index contributed by atoms with van der Waals surface area (Å²) in [5, 5.41) is 5.21. The number of carbonyl (C=O) groups is 1. The smallest absolute Gasteiger partial charge is 0.315 e. The van der Waals surface area contributed by atoms with Crippen LogP contribution in [-0.2, 0) is 28.9 Å². The van der Waals surface area contributed by atoms with E-state index >= 15 is 0 Å². The van der Waals surface area contributed by atoms with Crippen molar-refractivity contribution in [2.45, 2.75) is 149 Å². The van der Waals surface area contributed by atoms with Crippen molar-refractivity contribution < 1.29 is 46.9 Å². The second-order valence-corrected chi connectivity index (χ2v) is 15.6. The molecule has 0 amide bonds. The van der Waals surface area contributed by atoms with Crippen LogP contribution in [0.3, 0.4) is 0 Å². The average Bonchev–Trinajstić information content (AvgIpc) is 3.51. The number of likely N-dealkylation sites (tertiary alicyclic amines) is 1. The van der Waals surface area contributed by atoms with Gasteiger partial charge in [0.25, 0.3) is 5.56 Å². The molecule has 8 nitrogen and oxygen atoms in total. The Kier molecular flexibility index (Phi) is 15.3. The molecule has 1 fully saturated rings. The number of esters is 1. The van der Waals surface area contributed by atoms with E-state index in [2.05, 4.69) is 12.1 Å². The topological polar surface area (TPSA) is 87.2 Å². The number of fused-ring (bicyclic) bond motifs is 2. The first kappa shape index (κ1) is 40.4. The number of aromatic nitrogens is 3. The minimum Gasteiger partial charge on any atom is -1.00 e. The molecule has 2 aliphatic heterocycles. The third-order valence-electron chi connectivity index (χ3n) is 11.3. The van der Waals surface area contributed by atoms with Gasteiger partial charge in [-0.3, -0.25) is 18.6 Å². The molecule has 10 heteroatoms. The van der Waals surface area contributed by atoms with Gasteiger partial charge >= 0.3 is 5.97 Å². The molecule has 0 spiro atoms. The number of nitrogens with zero attached hydrogens (tertiary/aromatic N) is 4. The van der Waals surface area contributed by atoms with Crippen LogP contribution in [0.25, 0.3) is 11.0 Å². The summed E-state index contributed by atoms with van der Waals surface area (Å²) < 4.78 is 28.0. The van der Waals surface area contributed by atoms with E-state index in [1.165, 1.54) is 63.5 Å². The molecule has 5 rings (SSSR count). The second kappa shape index (κ2) is 18.9. The third kappa shape index (κ3) is 10.4. The number of hydrogen-bond acceptors (Lipinski definition) is 6. The third-order valence-corrected chi connectivity index (χ3v) is 11.3. The van der Waals surface area contributed by atoms with E-state index in [9.17, 15) is 14.0 Å². The van der Waals surface area contributed by atoms with Gasteiger partial charge in [-0.2, -0.15) is 0 Å².